The second-order valence-corrected chi connectivity index (χ2v) is 7.99. The van der Waals surface area contributed by atoms with Crippen molar-refractivity contribution in [2.75, 3.05) is 46.8 Å². The highest BCUT2D eigenvalue weighted by Crippen LogP contribution is 2.21. The molecule has 1 aromatic heterocycles. The number of nitrogens with zero attached hydrogens (tertiary/aromatic N) is 3. The van der Waals surface area contributed by atoms with E-state index < -0.39 is 0 Å². The Hall–Kier alpha value is -2.18. The van der Waals surface area contributed by atoms with E-state index in [4.69, 9.17) is 0 Å². The maximum absolute atomic E-state index is 14.0. The SMILES string of the molecule is CN(C)CCN(C[C@H]1CCCN(Cc2ccccc2F)C1)C(=O)c1cc[nH]c1. The van der Waals surface area contributed by atoms with E-state index in [0.29, 0.717) is 24.6 Å². The largest absolute Gasteiger partial charge is 0.367 e. The summed E-state index contributed by atoms with van der Waals surface area (Å²) < 4.78 is 14.0. The molecule has 1 saturated heterocycles. The summed E-state index contributed by atoms with van der Waals surface area (Å²) in [5.41, 5.74) is 1.45. The summed E-state index contributed by atoms with van der Waals surface area (Å²) in [5, 5.41) is 0. The number of nitrogens with one attached hydrogen (secondary N) is 1. The molecular formula is C22H31FN4O. The Kier molecular flexibility index (Phi) is 7.23. The molecule has 152 valence electrons. The fourth-order valence-corrected chi connectivity index (χ4v) is 3.86. The Morgan fingerprint density at radius 2 is 2.07 bits per heavy atom. The molecule has 1 aromatic carbocycles. The van der Waals surface area contributed by atoms with Crippen LogP contribution in [0.3, 0.4) is 0 Å². The Bertz CT molecular complexity index is 747. The van der Waals surface area contributed by atoms with Crippen molar-refractivity contribution in [2.45, 2.75) is 19.4 Å². The van der Waals surface area contributed by atoms with Gasteiger partial charge in [-0.25, -0.2) is 4.39 Å². The van der Waals surface area contributed by atoms with Gasteiger partial charge in [0.25, 0.3) is 5.91 Å². The number of likely N-dealkylation sites (tertiary alicyclic amines) is 1. The van der Waals surface area contributed by atoms with Gasteiger partial charge in [-0.15, -0.1) is 0 Å². The number of likely N-dealkylation sites (N-methyl/N-ethyl adjacent to an activating group) is 1. The van der Waals surface area contributed by atoms with Crippen LogP contribution < -0.4 is 0 Å². The van der Waals surface area contributed by atoms with Gasteiger partial charge in [-0.3, -0.25) is 9.69 Å². The second-order valence-electron chi connectivity index (χ2n) is 7.99. The predicted molar refractivity (Wildman–Crippen MR) is 110 cm³/mol. The molecule has 0 saturated carbocycles. The first-order chi connectivity index (χ1) is 13.5. The normalized spacial score (nSPS) is 17.8. The third kappa shape index (κ3) is 5.66. The zero-order chi connectivity index (χ0) is 19.9. The summed E-state index contributed by atoms with van der Waals surface area (Å²) in [4.78, 5) is 22.3. The molecule has 0 unspecified atom stereocenters. The lowest BCUT2D eigenvalue weighted by atomic mass is 9.96. The molecule has 1 fully saturated rings. The number of hydrogen-bond donors (Lipinski definition) is 1. The Morgan fingerprint density at radius 1 is 1.25 bits per heavy atom. The number of amides is 1. The summed E-state index contributed by atoms with van der Waals surface area (Å²) in [6.45, 7) is 4.79. The van der Waals surface area contributed by atoms with E-state index in [-0.39, 0.29) is 11.7 Å². The van der Waals surface area contributed by atoms with Crippen molar-refractivity contribution in [3.05, 3.63) is 59.7 Å². The average Bonchev–Trinajstić information content (AvgIpc) is 3.21. The van der Waals surface area contributed by atoms with Crippen LogP contribution in [0.1, 0.15) is 28.8 Å². The molecule has 1 amide bonds. The summed E-state index contributed by atoms with van der Waals surface area (Å²) in [7, 11) is 4.05. The van der Waals surface area contributed by atoms with Gasteiger partial charge in [0.15, 0.2) is 0 Å². The first-order valence-corrected chi connectivity index (χ1v) is 10.1. The molecule has 2 aromatic rings. The fraction of sp³-hybridized carbons (Fsp3) is 0.500. The maximum atomic E-state index is 14.0. The molecule has 3 rings (SSSR count). The lowest BCUT2D eigenvalue weighted by molar-refractivity contribution is 0.0660. The van der Waals surface area contributed by atoms with Crippen LogP contribution in [0, 0.1) is 11.7 Å². The monoisotopic (exact) mass is 386 g/mol. The minimum absolute atomic E-state index is 0.0781. The molecule has 1 aliphatic rings. The van der Waals surface area contributed by atoms with Gasteiger partial charge in [0, 0.05) is 50.7 Å². The summed E-state index contributed by atoms with van der Waals surface area (Å²) in [6.07, 6.45) is 5.73. The van der Waals surface area contributed by atoms with E-state index in [1.54, 1.807) is 18.5 Å². The molecular weight excluding hydrogens is 355 g/mol. The lowest BCUT2D eigenvalue weighted by Crippen LogP contribution is -2.44. The quantitative estimate of drug-likeness (QED) is 0.758. The van der Waals surface area contributed by atoms with Gasteiger partial charge >= 0.3 is 0 Å². The fourth-order valence-electron chi connectivity index (χ4n) is 3.86. The molecule has 1 aliphatic heterocycles. The molecule has 0 spiro atoms. The van der Waals surface area contributed by atoms with E-state index in [1.165, 1.54) is 6.07 Å². The van der Waals surface area contributed by atoms with Gasteiger partial charge in [0.2, 0.25) is 0 Å². The average molecular weight is 387 g/mol. The zero-order valence-corrected chi connectivity index (χ0v) is 16.9. The second kappa shape index (κ2) is 9.85. The van der Waals surface area contributed by atoms with E-state index in [0.717, 1.165) is 44.6 Å². The molecule has 0 radical (unpaired) electrons. The molecule has 0 bridgehead atoms. The first kappa shape index (κ1) is 20.6. The maximum Gasteiger partial charge on any atom is 0.255 e. The van der Waals surface area contributed by atoms with Gasteiger partial charge < -0.3 is 14.8 Å². The van der Waals surface area contributed by atoms with E-state index in [1.807, 2.05) is 37.2 Å². The minimum atomic E-state index is -0.139. The molecule has 1 N–H and O–H groups in total. The highest BCUT2D eigenvalue weighted by Gasteiger charge is 2.25. The van der Waals surface area contributed by atoms with Crippen molar-refractivity contribution in [1.29, 1.82) is 0 Å². The Morgan fingerprint density at radius 3 is 2.79 bits per heavy atom. The third-order valence-corrected chi connectivity index (χ3v) is 5.38. The van der Waals surface area contributed by atoms with Gasteiger partial charge in [-0.05, 0) is 51.5 Å². The van der Waals surface area contributed by atoms with Crippen molar-refractivity contribution in [3.63, 3.8) is 0 Å². The highest BCUT2D eigenvalue weighted by atomic mass is 19.1. The molecule has 28 heavy (non-hydrogen) atoms. The van der Waals surface area contributed by atoms with Gasteiger partial charge in [0.1, 0.15) is 5.82 Å². The number of piperidine rings is 1. The van der Waals surface area contributed by atoms with Crippen molar-refractivity contribution < 1.29 is 9.18 Å². The van der Waals surface area contributed by atoms with E-state index >= 15 is 0 Å². The highest BCUT2D eigenvalue weighted by molar-refractivity contribution is 5.94. The summed E-state index contributed by atoms with van der Waals surface area (Å²) >= 11 is 0. The number of rotatable bonds is 8. The first-order valence-electron chi connectivity index (χ1n) is 10.1. The van der Waals surface area contributed by atoms with Crippen LogP contribution in [0.25, 0.3) is 0 Å². The molecule has 0 aliphatic carbocycles. The number of hydrogen-bond acceptors (Lipinski definition) is 3. The van der Waals surface area contributed by atoms with Crippen molar-refractivity contribution in [3.8, 4) is 0 Å². The number of aromatic nitrogens is 1. The molecule has 1 atom stereocenters. The summed E-state index contributed by atoms with van der Waals surface area (Å²) in [6, 6.07) is 8.83. The Balaban J connectivity index is 1.62. The van der Waals surface area contributed by atoms with Crippen LogP contribution >= 0.6 is 0 Å². The summed E-state index contributed by atoms with van der Waals surface area (Å²) in [5.74, 6) is 0.347. The number of benzene rings is 1. The number of carbonyl (C=O) groups is 1. The van der Waals surface area contributed by atoms with Crippen LogP contribution in [0.2, 0.25) is 0 Å². The predicted octanol–water partition coefficient (Wildman–Crippen LogP) is 3.07. The van der Waals surface area contributed by atoms with Crippen LogP contribution in [0.15, 0.2) is 42.7 Å². The lowest BCUT2D eigenvalue weighted by Gasteiger charge is -2.36. The van der Waals surface area contributed by atoms with Crippen LogP contribution in [-0.2, 0) is 6.54 Å². The molecule has 2 heterocycles. The smallest absolute Gasteiger partial charge is 0.255 e. The van der Waals surface area contributed by atoms with Crippen molar-refractivity contribution in [1.82, 2.24) is 19.7 Å². The standard InChI is InChI=1S/C22H31FN4O/c1-25(2)12-13-27(22(28)19-9-10-24-14-19)16-18-6-5-11-26(15-18)17-20-7-3-4-8-21(20)23/h3-4,7-10,14,18,24H,5-6,11-13,15-17H2,1-2H3/t18-/m0/s1. The topological polar surface area (TPSA) is 42.6 Å². The molecule has 5 nitrogen and oxygen atoms in total. The van der Waals surface area contributed by atoms with Crippen LogP contribution in [0.4, 0.5) is 4.39 Å². The van der Waals surface area contributed by atoms with E-state index in [2.05, 4.69) is 14.8 Å². The number of aromatic amines is 1. The van der Waals surface area contributed by atoms with E-state index in [9.17, 15) is 9.18 Å². The van der Waals surface area contributed by atoms with Gasteiger partial charge in [-0.2, -0.15) is 0 Å². The van der Waals surface area contributed by atoms with Gasteiger partial charge in [0.05, 0.1) is 5.56 Å². The third-order valence-electron chi connectivity index (χ3n) is 5.38. The Labute approximate surface area is 167 Å². The van der Waals surface area contributed by atoms with Crippen molar-refractivity contribution >= 4 is 5.91 Å². The van der Waals surface area contributed by atoms with Gasteiger partial charge in [-0.1, -0.05) is 18.2 Å². The zero-order valence-electron chi connectivity index (χ0n) is 16.9. The number of H-pyrrole nitrogens is 1. The van der Waals surface area contributed by atoms with Crippen LogP contribution in [-0.4, -0.2) is 72.4 Å². The number of carbonyl (C=O) groups excluding carboxylic acids is 1. The van der Waals surface area contributed by atoms with Crippen LogP contribution in [0.5, 0.6) is 0 Å². The number of halogens is 1. The molecule has 6 heteroatoms. The minimum Gasteiger partial charge on any atom is -0.367 e. The van der Waals surface area contributed by atoms with Crippen molar-refractivity contribution in [2.24, 2.45) is 5.92 Å².